The Hall–Kier alpha value is -2.25. The van der Waals surface area contributed by atoms with Crippen LogP contribution in [0, 0.1) is 0 Å². The molecule has 1 N–H and O–H groups in total. The van der Waals surface area contributed by atoms with Gasteiger partial charge in [-0.25, -0.2) is 9.97 Å². The van der Waals surface area contributed by atoms with E-state index in [1.54, 1.807) is 25.3 Å². The standard InChI is InChI=1S/C22H16BrCl2N3O2.ClH/c1-29-21-10-14(28-22-15-9-13(23)5-7-19(15)26-12-27-22)6-8-20(21)30-11-16-17(24)3-2-4-18(16)25;/h2-10,12H,11H2,1H3,(H,26,27,28);1H. The van der Waals surface area contributed by atoms with Gasteiger partial charge in [0.15, 0.2) is 11.5 Å². The number of halogens is 4. The minimum Gasteiger partial charge on any atom is -0.493 e. The fourth-order valence-corrected chi connectivity index (χ4v) is 3.82. The van der Waals surface area contributed by atoms with Gasteiger partial charge in [0.1, 0.15) is 18.8 Å². The third-order valence-electron chi connectivity index (χ3n) is 4.46. The lowest BCUT2D eigenvalue weighted by Crippen LogP contribution is -2.01. The Labute approximate surface area is 204 Å². The molecular formula is C22H17BrCl3N3O2. The van der Waals surface area contributed by atoms with Gasteiger partial charge < -0.3 is 14.8 Å². The SMILES string of the molecule is COc1cc(Nc2ncnc3ccc(Br)cc23)ccc1OCc1c(Cl)cccc1Cl.Cl. The Balaban J connectivity index is 0.00000272. The second kappa shape index (κ2) is 10.4. The van der Waals surface area contributed by atoms with Crippen molar-refractivity contribution >= 4 is 73.9 Å². The Bertz CT molecular complexity index is 1200. The first-order chi connectivity index (χ1) is 14.5. The number of methoxy groups -OCH3 is 1. The maximum absolute atomic E-state index is 6.22. The van der Waals surface area contributed by atoms with Gasteiger partial charge in [-0.15, -0.1) is 12.4 Å². The fourth-order valence-electron chi connectivity index (χ4n) is 2.95. The van der Waals surface area contributed by atoms with E-state index in [2.05, 4.69) is 31.2 Å². The predicted molar refractivity (Wildman–Crippen MR) is 132 cm³/mol. The maximum Gasteiger partial charge on any atom is 0.162 e. The van der Waals surface area contributed by atoms with Gasteiger partial charge in [0.2, 0.25) is 0 Å². The van der Waals surface area contributed by atoms with E-state index < -0.39 is 0 Å². The largest absolute Gasteiger partial charge is 0.493 e. The number of anilines is 2. The highest BCUT2D eigenvalue weighted by Crippen LogP contribution is 2.34. The molecule has 9 heteroatoms. The van der Waals surface area contributed by atoms with Crippen molar-refractivity contribution in [2.45, 2.75) is 6.61 Å². The van der Waals surface area contributed by atoms with Crippen LogP contribution in [0.1, 0.15) is 5.56 Å². The molecule has 4 rings (SSSR count). The van der Waals surface area contributed by atoms with Gasteiger partial charge in [-0.1, -0.05) is 45.2 Å². The number of nitrogens with zero attached hydrogens (tertiary/aromatic N) is 2. The zero-order valence-electron chi connectivity index (χ0n) is 16.2. The first kappa shape index (κ1) is 23.4. The molecule has 0 aliphatic carbocycles. The van der Waals surface area contributed by atoms with Crippen LogP contribution >= 0.6 is 51.5 Å². The summed E-state index contributed by atoms with van der Waals surface area (Å²) in [5.74, 6) is 1.84. The molecule has 0 atom stereocenters. The van der Waals surface area contributed by atoms with E-state index in [0.717, 1.165) is 26.6 Å². The lowest BCUT2D eigenvalue weighted by Gasteiger charge is -2.14. The van der Waals surface area contributed by atoms with Crippen LogP contribution in [0.3, 0.4) is 0 Å². The topological polar surface area (TPSA) is 56.3 Å². The van der Waals surface area contributed by atoms with Crippen LogP contribution in [0.5, 0.6) is 11.5 Å². The average Bonchev–Trinajstić information content (AvgIpc) is 2.74. The van der Waals surface area contributed by atoms with Gasteiger partial charge in [-0.05, 0) is 42.5 Å². The first-order valence-corrected chi connectivity index (χ1v) is 10.5. The van der Waals surface area contributed by atoms with Crippen molar-refractivity contribution in [2.24, 2.45) is 0 Å². The van der Waals surface area contributed by atoms with Crippen molar-refractivity contribution in [3.63, 3.8) is 0 Å². The summed E-state index contributed by atoms with van der Waals surface area (Å²) < 4.78 is 12.4. The van der Waals surface area contributed by atoms with Crippen LogP contribution in [0.15, 0.2) is 65.4 Å². The summed E-state index contributed by atoms with van der Waals surface area (Å²) in [4.78, 5) is 8.67. The number of hydrogen-bond acceptors (Lipinski definition) is 5. The van der Waals surface area contributed by atoms with Crippen LogP contribution in [0.4, 0.5) is 11.5 Å². The number of ether oxygens (including phenoxy) is 2. The molecule has 0 unspecified atom stereocenters. The second-order valence-corrected chi connectivity index (χ2v) is 8.09. The molecule has 0 radical (unpaired) electrons. The summed E-state index contributed by atoms with van der Waals surface area (Å²) in [7, 11) is 1.59. The molecule has 160 valence electrons. The molecule has 4 aromatic rings. The van der Waals surface area contributed by atoms with Gasteiger partial charge >= 0.3 is 0 Å². The Morgan fingerprint density at radius 2 is 1.74 bits per heavy atom. The number of aromatic nitrogens is 2. The molecule has 0 bridgehead atoms. The molecule has 3 aromatic carbocycles. The van der Waals surface area contributed by atoms with E-state index in [4.69, 9.17) is 32.7 Å². The molecule has 1 heterocycles. The fraction of sp³-hybridized carbons (Fsp3) is 0.0909. The van der Waals surface area contributed by atoms with E-state index in [1.807, 2.05) is 36.4 Å². The van der Waals surface area contributed by atoms with Crippen LogP contribution < -0.4 is 14.8 Å². The summed E-state index contributed by atoms with van der Waals surface area (Å²) in [6.45, 7) is 0.228. The number of rotatable bonds is 6. The second-order valence-electron chi connectivity index (χ2n) is 6.36. The lowest BCUT2D eigenvalue weighted by molar-refractivity contribution is 0.285. The van der Waals surface area contributed by atoms with Crippen LogP contribution in [0.2, 0.25) is 10.0 Å². The monoisotopic (exact) mass is 539 g/mol. The zero-order chi connectivity index (χ0) is 21.1. The minimum absolute atomic E-state index is 0. The maximum atomic E-state index is 6.22. The summed E-state index contributed by atoms with van der Waals surface area (Å²) in [6, 6.07) is 16.8. The molecule has 1 aromatic heterocycles. The predicted octanol–water partition coefficient (Wildman–Crippen LogP) is 7.45. The highest BCUT2D eigenvalue weighted by Gasteiger charge is 2.11. The van der Waals surface area contributed by atoms with Crippen molar-refractivity contribution in [3.05, 3.63) is 81.0 Å². The summed E-state index contributed by atoms with van der Waals surface area (Å²) in [5.41, 5.74) is 2.37. The highest BCUT2D eigenvalue weighted by molar-refractivity contribution is 9.10. The van der Waals surface area contributed by atoms with Crippen molar-refractivity contribution in [1.29, 1.82) is 0 Å². The Morgan fingerprint density at radius 3 is 2.48 bits per heavy atom. The van der Waals surface area contributed by atoms with E-state index in [1.165, 1.54) is 6.33 Å². The summed E-state index contributed by atoms with van der Waals surface area (Å²) in [6.07, 6.45) is 1.53. The number of benzene rings is 3. The zero-order valence-corrected chi connectivity index (χ0v) is 20.1. The van der Waals surface area contributed by atoms with Crippen molar-refractivity contribution < 1.29 is 9.47 Å². The molecule has 0 aliphatic rings. The molecule has 0 amide bonds. The molecule has 5 nitrogen and oxygen atoms in total. The minimum atomic E-state index is 0. The van der Waals surface area contributed by atoms with Gasteiger partial charge in [-0.3, -0.25) is 0 Å². The van der Waals surface area contributed by atoms with Crippen molar-refractivity contribution in [2.75, 3.05) is 12.4 Å². The highest BCUT2D eigenvalue weighted by atomic mass is 79.9. The van der Waals surface area contributed by atoms with Crippen molar-refractivity contribution in [1.82, 2.24) is 9.97 Å². The Morgan fingerprint density at radius 1 is 0.968 bits per heavy atom. The van der Waals surface area contributed by atoms with E-state index in [9.17, 15) is 0 Å². The van der Waals surface area contributed by atoms with Gasteiger partial charge in [0.05, 0.1) is 12.6 Å². The number of hydrogen-bond donors (Lipinski definition) is 1. The third kappa shape index (κ3) is 5.33. The molecule has 0 fully saturated rings. The van der Waals surface area contributed by atoms with E-state index in [-0.39, 0.29) is 19.0 Å². The molecule has 0 saturated carbocycles. The molecule has 0 saturated heterocycles. The van der Waals surface area contributed by atoms with Gasteiger partial charge in [0, 0.05) is 37.2 Å². The Kier molecular flexibility index (Phi) is 7.84. The average molecular weight is 542 g/mol. The number of fused-ring (bicyclic) bond motifs is 1. The number of nitrogens with one attached hydrogen (secondary N) is 1. The van der Waals surface area contributed by atoms with E-state index in [0.29, 0.717) is 27.4 Å². The quantitative estimate of drug-likeness (QED) is 0.275. The van der Waals surface area contributed by atoms with Crippen LogP contribution in [-0.2, 0) is 6.61 Å². The van der Waals surface area contributed by atoms with Crippen LogP contribution in [-0.4, -0.2) is 17.1 Å². The van der Waals surface area contributed by atoms with Gasteiger partial charge in [-0.2, -0.15) is 0 Å². The van der Waals surface area contributed by atoms with Gasteiger partial charge in [0.25, 0.3) is 0 Å². The van der Waals surface area contributed by atoms with Crippen LogP contribution in [0.25, 0.3) is 10.9 Å². The molecular weight excluding hydrogens is 525 g/mol. The molecule has 0 spiro atoms. The molecule has 31 heavy (non-hydrogen) atoms. The smallest absolute Gasteiger partial charge is 0.162 e. The first-order valence-electron chi connectivity index (χ1n) is 8.96. The molecule has 0 aliphatic heterocycles. The summed E-state index contributed by atoms with van der Waals surface area (Å²) in [5, 5.41) is 5.33. The lowest BCUT2D eigenvalue weighted by atomic mass is 10.2. The van der Waals surface area contributed by atoms with E-state index >= 15 is 0 Å². The summed E-state index contributed by atoms with van der Waals surface area (Å²) >= 11 is 15.9. The third-order valence-corrected chi connectivity index (χ3v) is 5.66. The van der Waals surface area contributed by atoms with Crippen molar-refractivity contribution in [3.8, 4) is 11.5 Å². The normalized spacial score (nSPS) is 10.5.